The van der Waals surface area contributed by atoms with Crippen molar-refractivity contribution in [3.8, 4) is 5.88 Å². The molecular weight excluding hydrogens is 242 g/mol. The van der Waals surface area contributed by atoms with Crippen LogP contribution in [0.25, 0.3) is 0 Å². The minimum Gasteiger partial charge on any atom is -0.474 e. The molecule has 7 heteroatoms. The number of pyridine rings is 1. The molecule has 100 valence electrons. The molecule has 3 N–H and O–H groups in total. The van der Waals surface area contributed by atoms with Crippen LogP contribution in [0.1, 0.15) is 12.8 Å². The van der Waals surface area contributed by atoms with Crippen LogP contribution in [-0.4, -0.2) is 36.1 Å². The summed E-state index contributed by atoms with van der Waals surface area (Å²) in [6, 6.07) is 1.31. The topological polar surface area (TPSA) is 63.4 Å². The minimum atomic E-state index is -0.850. The zero-order valence-corrected chi connectivity index (χ0v) is 10.1. The largest absolute Gasteiger partial charge is 0.474 e. The van der Waals surface area contributed by atoms with Gasteiger partial charge in [0.25, 0.3) is 5.88 Å². The molecule has 1 fully saturated rings. The number of likely N-dealkylation sites (N-methyl/N-ethyl adjacent to an activating group) is 1. The highest BCUT2D eigenvalue weighted by molar-refractivity contribution is 5.38. The lowest BCUT2D eigenvalue weighted by Crippen LogP contribution is -2.26. The first-order valence-corrected chi connectivity index (χ1v) is 5.77. The fourth-order valence-corrected chi connectivity index (χ4v) is 1.64. The van der Waals surface area contributed by atoms with E-state index in [-0.39, 0.29) is 11.7 Å². The lowest BCUT2D eigenvalue weighted by Gasteiger charge is -2.15. The molecule has 0 spiro atoms. The molecule has 5 nitrogen and oxygen atoms in total. The summed E-state index contributed by atoms with van der Waals surface area (Å²) in [6.07, 6.45) is 2.39. The maximum atomic E-state index is 13.4. The van der Waals surface area contributed by atoms with Gasteiger partial charge in [-0.1, -0.05) is 0 Å². The summed E-state index contributed by atoms with van der Waals surface area (Å²) in [5, 5.41) is 0. The van der Waals surface area contributed by atoms with Crippen molar-refractivity contribution in [1.82, 2.24) is 9.88 Å². The molecule has 18 heavy (non-hydrogen) atoms. The quantitative estimate of drug-likeness (QED) is 0.591. The summed E-state index contributed by atoms with van der Waals surface area (Å²) < 4.78 is 31.6. The number of anilines is 1. The summed E-state index contributed by atoms with van der Waals surface area (Å²) in [5.74, 6) is 2.90. The molecule has 0 saturated heterocycles. The molecule has 2 rings (SSSR count). The van der Waals surface area contributed by atoms with Gasteiger partial charge in [0.15, 0.2) is 17.5 Å². The maximum Gasteiger partial charge on any atom is 0.252 e. The van der Waals surface area contributed by atoms with E-state index >= 15 is 0 Å². The number of nitrogens with one attached hydrogen (secondary N) is 1. The number of aromatic nitrogens is 1. The van der Waals surface area contributed by atoms with Crippen molar-refractivity contribution >= 4 is 5.82 Å². The normalized spacial score (nSPS) is 14.9. The van der Waals surface area contributed by atoms with E-state index in [1.807, 2.05) is 12.5 Å². The molecule has 1 aliphatic carbocycles. The fraction of sp³-hybridized carbons (Fsp3) is 0.545. The molecule has 0 radical (unpaired) electrons. The van der Waals surface area contributed by atoms with Crippen LogP contribution < -0.4 is 16.0 Å². The van der Waals surface area contributed by atoms with Crippen molar-refractivity contribution < 1.29 is 13.5 Å². The number of hydrazine groups is 1. The van der Waals surface area contributed by atoms with Crippen molar-refractivity contribution in [1.29, 1.82) is 0 Å². The second-order valence-corrected chi connectivity index (χ2v) is 4.31. The van der Waals surface area contributed by atoms with Gasteiger partial charge in [-0.2, -0.15) is 4.98 Å². The maximum absolute atomic E-state index is 13.4. The molecule has 0 unspecified atom stereocenters. The summed E-state index contributed by atoms with van der Waals surface area (Å²) >= 11 is 0. The molecule has 0 aliphatic heterocycles. The number of nitrogens with two attached hydrogens (primary N) is 1. The molecule has 0 amide bonds. The van der Waals surface area contributed by atoms with Crippen LogP contribution in [0.3, 0.4) is 0 Å². The number of hydrogen-bond acceptors (Lipinski definition) is 5. The van der Waals surface area contributed by atoms with Crippen molar-refractivity contribution in [2.75, 3.05) is 25.6 Å². The van der Waals surface area contributed by atoms with E-state index in [0.29, 0.717) is 25.3 Å². The third-order valence-electron chi connectivity index (χ3n) is 2.89. The standard InChI is InChI=1S/C11H16F2N4O/c1-17(7-2-3-7)4-5-18-11-9(13)6-8(12)10(15-11)16-14/h6-7H,2-5,14H2,1H3,(H,15,16). The molecule has 0 atom stereocenters. The second kappa shape index (κ2) is 5.45. The van der Waals surface area contributed by atoms with Gasteiger partial charge in [0.2, 0.25) is 0 Å². The Morgan fingerprint density at radius 3 is 2.83 bits per heavy atom. The molecule has 1 saturated carbocycles. The van der Waals surface area contributed by atoms with E-state index in [4.69, 9.17) is 10.6 Å². The van der Waals surface area contributed by atoms with Crippen LogP contribution in [0.15, 0.2) is 6.07 Å². The highest BCUT2D eigenvalue weighted by atomic mass is 19.1. The Balaban J connectivity index is 1.91. The van der Waals surface area contributed by atoms with Gasteiger partial charge in [0, 0.05) is 18.7 Å². The van der Waals surface area contributed by atoms with Crippen molar-refractivity contribution in [3.63, 3.8) is 0 Å². The highest BCUT2D eigenvalue weighted by Gasteiger charge is 2.25. The fourth-order valence-electron chi connectivity index (χ4n) is 1.64. The Morgan fingerprint density at radius 2 is 2.22 bits per heavy atom. The number of ether oxygens (including phenoxy) is 1. The predicted octanol–water partition coefficient (Wildman–Crippen LogP) is 1.12. The number of rotatable bonds is 6. The van der Waals surface area contributed by atoms with Gasteiger partial charge in [0.05, 0.1) is 0 Å². The molecule has 1 aliphatic rings. The molecular formula is C11H16F2N4O. The summed E-state index contributed by atoms with van der Waals surface area (Å²) in [7, 11) is 1.99. The number of hydrogen-bond donors (Lipinski definition) is 2. The van der Waals surface area contributed by atoms with Crippen molar-refractivity contribution in [2.24, 2.45) is 5.84 Å². The monoisotopic (exact) mass is 258 g/mol. The SMILES string of the molecule is CN(CCOc1nc(NN)c(F)cc1F)C1CC1. The number of nitrogens with zero attached hydrogens (tertiary/aromatic N) is 2. The van der Waals surface area contributed by atoms with Gasteiger partial charge >= 0.3 is 0 Å². The summed E-state index contributed by atoms with van der Waals surface area (Å²) in [6.45, 7) is 0.973. The molecule has 1 aromatic rings. The first-order valence-electron chi connectivity index (χ1n) is 5.77. The zero-order chi connectivity index (χ0) is 13.1. The van der Waals surface area contributed by atoms with Gasteiger partial charge in [-0.05, 0) is 19.9 Å². The predicted molar refractivity (Wildman–Crippen MR) is 63.1 cm³/mol. The van der Waals surface area contributed by atoms with Crippen LogP contribution in [-0.2, 0) is 0 Å². The van der Waals surface area contributed by atoms with Crippen LogP contribution in [0, 0.1) is 11.6 Å². The lowest BCUT2D eigenvalue weighted by molar-refractivity contribution is 0.219. The average Bonchev–Trinajstić information content (AvgIpc) is 3.15. The van der Waals surface area contributed by atoms with E-state index in [1.165, 1.54) is 12.8 Å². The van der Waals surface area contributed by atoms with Crippen molar-refractivity contribution in [3.05, 3.63) is 17.7 Å². The van der Waals surface area contributed by atoms with Gasteiger partial charge in [0.1, 0.15) is 6.61 Å². The molecule has 1 aromatic heterocycles. The van der Waals surface area contributed by atoms with Gasteiger partial charge < -0.3 is 15.1 Å². The minimum absolute atomic E-state index is 0.234. The Labute approximate surface area is 104 Å². The van der Waals surface area contributed by atoms with Gasteiger partial charge in [-0.25, -0.2) is 14.6 Å². The van der Waals surface area contributed by atoms with Gasteiger partial charge in [-0.3, -0.25) is 0 Å². The Morgan fingerprint density at radius 1 is 1.50 bits per heavy atom. The van der Waals surface area contributed by atoms with Crippen molar-refractivity contribution in [2.45, 2.75) is 18.9 Å². The Kier molecular flexibility index (Phi) is 3.93. The molecule has 0 aromatic carbocycles. The smallest absolute Gasteiger partial charge is 0.252 e. The molecule has 0 bridgehead atoms. The highest BCUT2D eigenvalue weighted by Crippen LogP contribution is 2.25. The van der Waals surface area contributed by atoms with E-state index in [2.05, 4.69) is 9.88 Å². The second-order valence-electron chi connectivity index (χ2n) is 4.31. The molecule has 1 heterocycles. The summed E-state index contributed by atoms with van der Waals surface area (Å²) in [5.41, 5.74) is 2.05. The van der Waals surface area contributed by atoms with Crippen LogP contribution in [0.2, 0.25) is 0 Å². The van der Waals surface area contributed by atoms with Crippen LogP contribution in [0.5, 0.6) is 5.88 Å². The first-order chi connectivity index (χ1) is 8.61. The first kappa shape index (κ1) is 13.0. The number of nitrogen functional groups attached to an aromatic ring is 1. The van der Waals surface area contributed by atoms with E-state index in [0.717, 1.165) is 0 Å². The van der Waals surface area contributed by atoms with E-state index in [9.17, 15) is 8.78 Å². The van der Waals surface area contributed by atoms with Crippen LogP contribution >= 0.6 is 0 Å². The average molecular weight is 258 g/mol. The zero-order valence-electron chi connectivity index (χ0n) is 10.1. The Bertz CT molecular complexity index is 426. The lowest BCUT2D eigenvalue weighted by atomic mass is 10.4. The van der Waals surface area contributed by atoms with E-state index < -0.39 is 11.6 Å². The number of halogens is 2. The third-order valence-corrected chi connectivity index (χ3v) is 2.89. The van der Waals surface area contributed by atoms with Gasteiger partial charge in [-0.15, -0.1) is 0 Å². The third kappa shape index (κ3) is 3.05. The Hall–Kier alpha value is -1.47. The van der Waals surface area contributed by atoms with Crippen LogP contribution in [0.4, 0.5) is 14.6 Å². The van der Waals surface area contributed by atoms with E-state index in [1.54, 1.807) is 0 Å². The summed E-state index contributed by atoms with van der Waals surface area (Å²) in [4.78, 5) is 5.76.